The van der Waals surface area contributed by atoms with Crippen molar-refractivity contribution in [1.29, 1.82) is 0 Å². The summed E-state index contributed by atoms with van der Waals surface area (Å²) in [6, 6.07) is 0. The van der Waals surface area contributed by atoms with Crippen molar-refractivity contribution in [3.63, 3.8) is 0 Å². The Morgan fingerprint density at radius 1 is 1.42 bits per heavy atom. The minimum absolute atomic E-state index is 0.111. The van der Waals surface area contributed by atoms with E-state index in [4.69, 9.17) is 5.73 Å². The fourth-order valence-corrected chi connectivity index (χ4v) is 1.01. The number of ketones is 1. The molecule has 2 N–H and O–H groups in total. The lowest BCUT2D eigenvalue weighted by Gasteiger charge is -2.03. The third kappa shape index (κ3) is 2.91. The van der Waals surface area contributed by atoms with Gasteiger partial charge in [-0.15, -0.1) is 0 Å². The van der Waals surface area contributed by atoms with Gasteiger partial charge >= 0.3 is 0 Å². The van der Waals surface area contributed by atoms with Crippen LogP contribution in [0.1, 0.15) is 33.6 Å². The molecule has 0 atom stereocenters. The van der Waals surface area contributed by atoms with Gasteiger partial charge < -0.3 is 5.73 Å². The van der Waals surface area contributed by atoms with Crippen molar-refractivity contribution >= 4 is 5.78 Å². The zero-order chi connectivity index (χ0) is 9.56. The maximum atomic E-state index is 11.3. The quantitative estimate of drug-likeness (QED) is 0.515. The summed E-state index contributed by atoms with van der Waals surface area (Å²) in [5, 5.41) is 0. The summed E-state index contributed by atoms with van der Waals surface area (Å²) >= 11 is 0. The second kappa shape index (κ2) is 5.58. The summed E-state index contributed by atoms with van der Waals surface area (Å²) in [6.07, 6.45) is 5.01. The molecule has 0 aromatic carbocycles. The van der Waals surface area contributed by atoms with Crippen molar-refractivity contribution in [2.45, 2.75) is 33.6 Å². The van der Waals surface area contributed by atoms with Gasteiger partial charge in [0.25, 0.3) is 0 Å². The maximum Gasteiger partial charge on any atom is 0.164 e. The molecular formula is C10H17NO. The minimum atomic E-state index is 0.111. The summed E-state index contributed by atoms with van der Waals surface area (Å²) in [5.41, 5.74) is 6.94. The predicted molar refractivity (Wildman–Crippen MR) is 51.6 cm³/mol. The number of carbonyl (C=O) groups is 1. The molecule has 0 bridgehead atoms. The van der Waals surface area contributed by atoms with E-state index in [1.807, 2.05) is 26.8 Å². The van der Waals surface area contributed by atoms with E-state index in [-0.39, 0.29) is 5.78 Å². The van der Waals surface area contributed by atoms with Crippen LogP contribution in [0.4, 0.5) is 0 Å². The van der Waals surface area contributed by atoms with Crippen LogP contribution in [-0.4, -0.2) is 5.78 Å². The van der Waals surface area contributed by atoms with Gasteiger partial charge in [-0.1, -0.05) is 26.0 Å². The van der Waals surface area contributed by atoms with Crippen LogP contribution < -0.4 is 5.73 Å². The molecule has 0 spiro atoms. The second-order valence-electron chi connectivity index (χ2n) is 2.55. The van der Waals surface area contributed by atoms with E-state index in [1.165, 1.54) is 0 Å². The Morgan fingerprint density at radius 2 is 2.00 bits per heavy atom. The fourth-order valence-electron chi connectivity index (χ4n) is 1.01. The molecule has 2 heteroatoms. The summed E-state index contributed by atoms with van der Waals surface area (Å²) in [7, 11) is 0. The van der Waals surface area contributed by atoms with Crippen LogP contribution in [-0.2, 0) is 4.79 Å². The van der Waals surface area contributed by atoms with Crippen LogP contribution in [0.15, 0.2) is 23.4 Å². The molecule has 0 heterocycles. The number of hydrogen-bond donors (Lipinski definition) is 1. The van der Waals surface area contributed by atoms with Gasteiger partial charge in [-0.2, -0.15) is 0 Å². The number of rotatable bonds is 4. The van der Waals surface area contributed by atoms with E-state index in [1.54, 1.807) is 6.08 Å². The lowest BCUT2D eigenvalue weighted by atomic mass is 10.1. The first-order valence-corrected chi connectivity index (χ1v) is 4.32. The van der Waals surface area contributed by atoms with E-state index in [2.05, 4.69) is 0 Å². The Hall–Kier alpha value is -1.05. The smallest absolute Gasteiger partial charge is 0.164 e. The highest BCUT2D eigenvalue weighted by atomic mass is 16.1. The van der Waals surface area contributed by atoms with E-state index in [0.717, 1.165) is 6.42 Å². The van der Waals surface area contributed by atoms with Crippen molar-refractivity contribution in [2.75, 3.05) is 0 Å². The molecule has 0 saturated heterocycles. The van der Waals surface area contributed by atoms with Crippen LogP contribution in [0.25, 0.3) is 0 Å². The average molecular weight is 167 g/mol. The average Bonchev–Trinajstić information content (AvgIpc) is 2.06. The second-order valence-corrected chi connectivity index (χ2v) is 2.55. The molecule has 0 rings (SSSR count). The van der Waals surface area contributed by atoms with Crippen LogP contribution in [0.5, 0.6) is 0 Å². The zero-order valence-electron chi connectivity index (χ0n) is 8.05. The van der Waals surface area contributed by atoms with E-state index >= 15 is 0 Å². The molecule has 2 nitrogen and oxygen atoms in total. The summed E-state index contributed by atoms with van der Waals surface area (Å²) < 4.78 is 0. The molecule has 0 aromatic heterocycles. The van der Waals surface area contributed by atoms with E-state index in [9.17, 15) is 4.79 Å². The van der Waals surface area contributed by atoms with Gasteiger partial charge in [0.05, 0.1) is 0 Å². The molecule has 0 aliphatic carbocycles. The Balaban J connectivity index is 4.59. The van der Waals surface area contributed by atoms with Gasteiger partial charge in [0.15, 0.2) is 5.78 Å². The van der Waals surface area contributed by atoms with Crippen LogP contribution >= 0.6 is 0 Å². The molecule has 0 radical (unpaired) electrons. The molecule has 68 valence electrons. The third-order valence-corrected chi connectivity index (χ3v) is 1.65. The van der Waals surface area contributed by atoms with Gasteiger partial charge in [0, 0.05) is 17.7 Å². The molecule has 0 fully saturated rings. The normalized spacial score (nSPS) is 13.2. The van der Waals surface area contributed by atoms with Crippen molar-refractivity contribution < 1.29 is 4.79 Å². The topological polar surface area (TPSA) is 43.1 Å². The van der Waals surface area contributed by atoms with Gasteiger partial charge in [0.1, 0.15) is 0 Å². The van der Waals surface area contributed by atoms with Crippen LogP contribution in [0, 0.1) is 0 Å². The van der Waals surface area contributed by atoms with Gasteiger partial charge in [-0.3, -0.25) is 4.79 Å². The highest BCUT2D eigenvalue weighted by molar-refractivity contribution is 5.98. The fraction of sp³-hybridized carbons (Fsp3) is 0.500. The first kappa shape index (κ1) is 11.0. The molecule has 0 saturated carbocycles. The first-order valence-electron chi connectivity index (χ1n) is 4.32. The third-order valence-electron chi connectivity index (χ3n) is 1.65. The van der Waals surface area contributed by atoms with Crippen molar-refractivity contribution in [2.24, 2.45) is 5.73 Å². The monoisotopic (exact) mass is 167 g/mol. The number of nitrogens with two attached hydrogens (primary N) is 1. The number of allylic oxidation sites excluding steroid dienone is 3. The summed E-state index contributed by atoms with van der Waals surface area (Å²) in [6.45, 7) is 5.67. The standard InChI is InChI=1S/C10H17NO/c1-4-7-9(11)8(5-2)10(12)6-3/h5,7H,4,6,11H2,1-3H3/b8-5+,9-7+. The molecule has 0 amide bonds. The Kier molecular flexibility index (Phi) is 5.09. The van der Waals surface area contributed by atoms with Crippen LogP contribution in [0.2, 0.25) is 0 Å². The van der Waals surface area contributed by atoms with Crippen molar-refractivity contribution in [3.05, 3.63) is 23.4 Å². The number of Topliss-reactive ketones (excluding diaryl/α,β-unsaturated/α-hetero) is 1. The SMILES string of the molecule is C/C=C(C(=O)CC)\C(N)=C/CC. The first-order chi connectivity index (χ1) is 5.67. The lowest BCUT2D eigenvalue weighted by Crippen LogP contribution is -2.09. The minimum Gasteiger partial charge on any atom is -0.398 e. The lowest BCUT2D eigenvalue weighted by molar-refractivity contribution is -0.115. The highest BCUT2D eigenvalue weighted by Gasteiger charge is 2.07. The largest absolute Gasteiger partial charge is 0.398 e. The molecule has 0 aliphatic heterocycles. The highest BCUT2D eigenvalue weighted by Crippen LogP contribution is 2.08. The Bertz CT molecular complexity index is 214. The van der Waals surface area contributed by atoms with E-state index < -0.39 is 0 Å². The summed E-state index contributed by atoms with van der Waals surface area (Å²) in [4.78, 5) is 11.3. The van der Waals surface area contributed by atoms with Gasteiger partial charge in [-0.05, 0) is 13.3 Å². The maximum absolute atomic E-state index is 11.3. The molecule has 0 aliphatic rings. The summed E-state index contributed by atoms with van der Waals surface area (Å²) in [5.74, 6) is 0.111. The van der Waals surface area contributed by atoms with Crippen molar-refractivity contribution in [1.82, 2.24) is 0 Å². The number of hydrogen-bond acceptors (Lipinski definition) is 2. The van der Waals surface area contributed by atoms with Gasteiger partial charge in [-0.25, -0.2) is 0 Å². The van der Waals surface area contributed by atoms with Crippen LogP contribution in [0.3, 0.4) is 0 Å². The molecule has 0 unspecified atom stereocenters. The molecular weight excluding hydrogens is 150 g/mol. The number of carbonyl (C=O) groups excluding carboxylic acids is 1. The Morgan fingerprint density at radius 3 is 2.33 bits per heavy atom. The predicted octanol–water partition coefficient (Wildman–Crippen LogP) is 2.16. The van der Waals surface area contributed by atoms with Gasteiger partial charge in [0.2, 0.25) is 0 Å². The zero-order valence-corrected chi connectivity index (χ0v) is 8.05. The van der Waals surface area contributed by atoms with E-state index in [0.29, 0.717) is 17.7 Å². The Labute approximate surface area is 74.1 Å². The van der Waals surface area contributed by atoms with Crippen molar-refractivity contribution in [3.8, 4) is 0 Å². The molecule has 12 heavy (non-hydrogen) atoms. The molecule has 0 aromatic rings.